The number of nitrogens with zero attached hydrogens (tertiary/aromatic N) is 3. The normalized spacial score (nSPS) is 11.1. The highest BCUT2D eigenvalue weighted by molar-refractivity contribution is 6.31. The van der Waals surface area contributed by atoms with Crippen molar-refractivity contribution in [3.05, 3.63) is 65.1 Å². The predicted molar refractivity (Wildman–Crippen MR) is 79.8 cm³/mol. The van der Waals surface area contributed by atoms with E-state index in [1.165, 1.54) is 0 Å². The van der Waals surface area contributed by atoms with Gasteiger partial charge in [0.25, 0.3) is 0 Å². The SMILES string of the molecule is Clc1ccccc1CNCCc1nnc2ccccn12. The second-order valence-electron chi connectivity index (χ2n) is 4.56. The lowest BCUT2D eigenvalue weighted by Crippen LogP contribution is -2.18. The first-order valence-electron chi connectivity index (χ1n) is 6.57. The van der Waals surface area contributed by atoms with Gasteiger partial charge in [0.2, 0.25) is 0 Å². The lowest BCUT2D eigenvalue weighted by Gasteiger charge is -2.06. The highest BCUT2D eigenvalue weighted by Gasteiger charge is 2.04. The quantitative estimate of drug-likeness (QED) is 0.733. The summed E-state index contributed by atoms with van der Waals surface area (Å²) in [4.78, 5) is 0. The molecule has 0 fully saturated rings. The third-order valence-electron chi connectivity index (χ3n) is 3.18. The lowest BCUT2D eigenvalue weighted by atomic mass is 10.2. The Kier molecular flexibility index (Phi) is 3.95. The zero-order valence-corrected chi connectivity index (χ0v) is 11.7. The van der Waals surface area contributed by atoms with Crippen molar-refractivity contribution in [2.45, 2.75) is 13.0 Å². The van der Waals surface area contributed by atoms with Gasteiger partial charge in [-0.15, -0.1) is 10.2 Å². The van der Waals surface area contributed by atoms with Crippen LogP contribution >= 0.6 is 11.6 Å². The van der Waals surface area contributed by atoms with Crippen molar-refractivity contribution in [2.24, 2.45) is 0 Å². The summed E-state index contributed by atoms with van der Waals surface area (Å²) in [6, 6.07) is 13.8. The summed E-state index contributed by atoms with van der Waals surface area (Å²) in [5, 5.41) is 12.5. The molecule has 3 rings (SSSR count). The minimum Gasteiger partial charge on any atom is -0.312 e. The van der Waals surface area contributed by atoms with Crippen LogP contribution in [0.15, 0.2) is 48.7 Å². The van der Waals surface area contributed by atoms with Gasteiger partial charge in [0.05, 0.1) is 0 Å². The zero-order chi connectivity index (χ0) is 13.8. The van der Waals surface area contributed by atoms with Crippen LogP contribution in [0.3, 0.4) is 0 Å². The summed E-state index contributed by atoms with van der Waals surface area (Å²) in [7, 11) is 0. The van der Waals surface area contributed by atoms with Crippen LogP contribution < -0.4 is 5.32 Å². The van der Waals surface area contributed by atoms with Crippen molar-refractivity contribution in [3.63, 3.8) is 0 Å². The van der Waals surface area contributed by atoms with E-state index in [0.29, 0.717) is 0 Å². The minimum atomic E-state index is 0.760. The van der Waals surface area contributed by atoms with E-state index in [0.717, 1.165) is 41.6 Å². The third-order valence-corrected chi connectivity index (χ3v) is 3.55. The molecule has 3 aromatic rings. The molecule has 20 heavy (non-hydrogen) atoms. The van der Waals surface area contributed by atoms with Gasteiger partial charge in [0.15, 0.2) is 5.65 Å². The molecule has 0 aliphatic carbocycles. The van der Waals surface area contributed by atoms with Crippen molar-refractivity contribution in [1.82, 2.24) is 19.9 Å². The van der Waals surface area contributed by atoms with Gasteiger partial charge in [-0.1, -0.05) is 35.9 Å². The van der Waals surface area contributed by atoms with Crippen LogP contribution in [-0.4, -0.2) is 21.1 Å². The minimum absolute atomic E-state index is 0.760. The van der Waals surface area contributed by atoms with Crippen LogP contribution in [0.2, 0.25) is 5.02 Å². The van der Waals surface area contributed by atoms with Crippen molar-refractivity contribution in [2.75, 3.05) is 6.54 Å². The van der Waals surface area contributed by atoms with E-state index in [4.69, 9.17) is 11.6 Å². The molecule has 0 radical (unpaired) electrons. The summed E-state index contributed by atoms with van der Waals surface area (Å²) < 4.78 is 2.01. The predicted octanol–water partition coefficient (Wildman–Crippen LogP) is 2.72. The van der Waals surface area contributed by atoms with E-state index in [9.17, 15) is 0 Å². The molecule has 0 saturated heterocycles. The van der Waals surface area contributed by atoms with Gasteiger partial charge in [-0.3, -0.25) is 4.40 Å². The Labute approximate surface area is 122 Å². The Morgan fingerprint density at radius 3 is 2.80 bits per heavy atom. The highest BCUT2D eigenvalue weighted by atomic mass is 35.5. The molecule has 4 nitrogen and oxygen atoms in total. The molecule has 102 valence electrons. The van der Waals surface area contributed by atoms with Crippen LogP contribution in [0.25, 0.3) is 5.65 Å². The molecule has 2 aromatic heterocycles. The van der Waals surface area contributed by atoms with Crippen LogP contribution in [0.4, 0.5) is 0 Å². The third kappa shape index (κ3) is 2.81. The summed E-state index contributed by atoms with van der Waals surface area (Å²) in [5.74, 6) is 0.965. The zero-order valence-electron chi connectivity index (χ0n) is 11.0. The lowest BCUT2D eigenvalue weighted by molar-refractivity contribution is 0.667. The van der Waals surface area contributed by atoms with Gasteiger partial charge < -0.3 is 5.32 Å². The number of hydrogen-bond acceptors (Lipinski definition) is 3. The van der Waals surface area contributed by atoms with Gasteiger partial charge in [0, 0.05) is 30.7 Å². The maximum Gasteiger partial charge on any atom is 0.160 e. The Hall–Kier alpha value is -1.91. The van der Waals surface area contributed by atoms with Gasteiger partial charge in [-0.2, -0.15) is 0 Å². The summed E-state index contributed by atoms with van der Waals surface area (Å²) >= 11 is 6.11. The van der Waals surface area contributed by atoms with E-state index in [2.05, 4.69) is 15.5 Å². The Morgan fingerprint density at radius 2 is 1.90 bits per heavy atom. The number of aromatic nitrogens is 3. The molecular formula is C15H15ClN4. The van der Waals surface area contributed by atoms with Crippen molar-refractivity contribution >= 4 is 17.2 Å². The van der Waals surface area contributed by atoms with Crippen molar-refractivity contribution in [1.29, 1.82) is 0 Å². The van der Waals surface area contributed by atoms with E-state index < -0.39 is 0 Å². The number of benzene rings is 1. The van der Waals surface area contributed by atoms with Crippen LogP contribution in [-0.2, 0) is 13.0 Å². The van der Waals surface area contributed by atoms with Crippen LogP contribution in [0.5, 0.6) is 0 Å². The first-order chi connectivity index (χ1) is 9.84. The Morgan fingerprint density at radius 1 is 1.05 bits per heavy atom. The molecule has 1 aromatic carbocycles. The van der Waals surface area contributed by atoms with Crippen LogP contribution in [0, 0.1) is 0 Å². The summed E-state index contributed by atoms with van der Waals surface area (Å²) in [5.41, 5.74) is 1.99. The maximum absolute atomic E-state index is 6.11. The molecule has 2 heterocycles. The number of rotatable bonds is 5. The fourth-order valence-corrected chi connectivity index (χ4v) is 2.33. The molecule has 0 amide bonds. The van der Waals surface area contributed by atoms with Gasteiger partial charge in [-0.05, 0) is 23.8 Å². The molecule has 0 spiro atoms. The molecule has 0 saturated carbocycles. The average molecular weight is 287 g/mol. The summed E-state index contributed by atoms with van der Waals surface area (Å²) in [6.07, 6.45) is 2.81. The molecular weight excluding hydrogens is 272 g/mol. The fraction of sp³-hybridized carbons (Fsp3) is 0.200. The highest BCUT2D eigenvalue weighted by Crippen LogP contribution is 2.14. The molecule has 5 heteroatoms. The molecule has 0 aliphatic heterocycles. The number of pyridine rings is 1. The first kappa shape index (κ1) is 13.1. The summed E-state index contributed by atoms with van der Waals surface area (Å²) in [6.45, 7) is 1.59. The fourth-order valence-electron chi connectivity index (χ4n) is 2.13. The standard InChI is InChI=1S/C15H15ClN4/c16-13-6-2-1-5-12(13)11-17-9-8-15-19-18-14-7-3-4-10-20(14)15/h1-7,10,17H,8-9,11H2. The number of halogens is 1. The van der Waals surface area contributed by atoms with Gasteiger partial charge in [0.1, 0.15) is 5.82 Å². The molecule has 0 atom stereocenters. The van der Waals surface area contributed by atoms with Gasteiger partial charge >= 0.3 is 0 Å². The first-order valence-corrected chi connectivity index (χ1v) is 6.95. The molecule has 0 aliphatic rings. The topological polar surface area (TPSA) is 42.2 Å². The number of nitrogens with one attached hydrogen (secondary N) is 1. The van der Waals surface area contributed by atoms with E-state index >= 15 is 0 Å². The number of fused-ring (bicyclic) bond motifs is 1. The Bertz CT molecular complexity index is 708. The smallest absolute Gasteiger partial charge is 0.160 e. The molecule has 0 unspecified atom stereocenters. The van der Waals surface area contributed by atoms with Crippen molar-refractivity contribution < 1.29 is 0 Å². The van der Waals surface area contributed by atoms with Crippen molar-refractivity contribution in [3.8, 4) is 0 Å². The average Bonchev–Trinajstić information content (AvgIpc) is 2.89. The largest absolute Gasteiger partial charge is 0.312 e. The second-order valence-corrected chi connectivity index (χ2v) is 4.97. The molecule has 1 N–H and O–H groups in total. The monoisotopic (exact) mass is 286 g/mol. The van der Waals surface area contributed by atoms with E-state index in [1.54, 1.807) is 0 Å². The van der Waals surface area contributed by atoms with Gasteiger partial charge in [-0.25, -0.2) is 0 Å². The van der Waals surface area contributed by atoms with E-state index in [1.807, 2.05) is 53.1 Å². The second kappa shape index (κ2) is 6.03. The number of hydrogen-bond donors (Lipinski definition) is 1. The maximum atomic E-state index is 6.11. The Balaban J connectivity index is 1.57. The van der Waals surface area contributed by atoms with E-state index in [-0.39, 0.29) is 0 Å². The molecule has 0 bridgehead atoms. The van der Waals surface area contributed by atoms with Crippen LogP contribution in [0.1, 0.15) is 11.4 Å².